The van der Waals surface area contributed by atoms with E-state index >= 15 is 0 Å². The number of hydrogen-bond donors (Lipinski definition) is 2. The minimum atomic E-state index is -6.16. The van der Waals surface area contributed by atoms with Crippen molar-refractivity contribution in [1.29, 1.82) is 0 Å². The second kappa shape index (κ2) is 12.9. The molecule has 1 aliphatic heterocycles. The van der Waals surface area contributed by atoms with Gasteiger partial charge in [-0.2, -0.15) is 31.6 Å². The van der Waals surface area contributed by atoms with Crippen LogP contribution in [0.3, 0.4) is 0 Å². The van der Waals surface area contributed by atoms with Crippen LogP contribution in [0.1, 0.15) is 61.6 Å². The average molecular weight is 677 g/mol. The third kappa shape index (κ3) is 7.12. The molecule has 42 heavy (non-hydrogen) atoms. The van der Waals surface area contributed by atoms with E-state index in [4.69, 9.17) is 35.1 Å². The molecule has 2 aromatic heterocycles. The van der Waals surface area contributed by atoms with Gasteiger partial charge in [-0.25, -0.2) is 4.98 Å². The first kappa shape index (κ1) is 35.1. The fourth-order valence-corrected chi connectivity index (χ4v) is 10.7. The first-order valence-electron chi connectivity index (χ1n) is 13.4. The molecular formula is C23H38ClF3N5O7SSi2. The van der Waals surface area contributed by atoms with Crippen LogP contribution >= 0.6 is 11.6 Å². The number of ether oxygens (including phenoxy) is 1. The Bertz CT molecular complexity index is 1330. The standard InChI is InChI=1S/C23H38ClF3N5O7SSi2/c1-11(2)41(12(3)4)36-9-15-17(39-42(35,13(5)6)14(7)8)18(38-40(33,34)23(25,26)27)21(37-15)32-10-29-16-19(28)30-22(24)31-20(16)32/h10-15,17-18,21,35H,9H2,1-8H3,(H2,28,30,31)/t15-,17-,18-,21-/m1/s1. The maximum atomic E-state index is 13.6. The van der Waals surface area contributed by atoms with Crippen LogP contribution in [0, 0.1) is 0 Å². The van der Waals surface area contributed by atoms with Crippen molar-refractivity contribution in [3.05, 3.63) is 11.6 Å². The van der Waals surface area contributed by atoms with Crippen LogP contribution in [0.2, 0.25) is 27.4 Å². The maximum Gasteiger partial charge on any atom is 0.523 e. The van der Waals surface area contributed by atoms with E-state index < -0.39 is 68.8 Å². The summed E-state index contributed by atoms with van der Waals surface area (Å²) < 4.78 is 90.5. The Hall–Kier alpha value is -1.39. The summed E-state index contributed by atoms with van der Waals surface area (Å²) in [6.45, 7) is 14.7. The molecule has 0 unspecified atom stereocenters. The zero-order valence-electron chi connectivity index (χ0n) is 24.6. The second-order valence-corrected chi connectivity index (χ2v) is 20.7. The average Bonchev–Trinajstić information content (AvgIpc) is 3.39. The van der Waals surface area contributed by atoms with Gasteiger partial charge in [0.15, 0.2) is 23.8 Å². The Morgan fingerprint density at radius 1 is 1.12 bits per heavy atom. The summed E-state index contributed by atoms with van der Waals surface area (Å²) in [6.07, 6.45) is -5.02. The molecule has 0 aliphatic carbocycles. The Balaban J connectivity index is 2.20. The van der Waals surface area contributed by atoms with Gasteiger partial charge < -0.3 is 24.1 Å². The topological polar surface area (TPSA) is 161 Å². The van der Waals surface area contributed by atoms with Crippen molar-refractivity contribution in [2.75, 3.05) is 12.3 Å². The highest BCUT2D eigenvalue weighted by molar-refractivity contribution is 7.87. The number of anilines is 1. The second-order valence-electron chi connectivity index (χ2n) is 11.4. The predicted octanol–water partition coefficient (Wildman–Crippen LogP) is 4.66. The largest absolute Gasteiger partial charge is 0.523 e. The third-order valence-corrected chi connectivity index (χ3v) is 15.0. The Morgan fingerprint density at radius 3 is 2.19 bits per heavy atom. The zero-order valence-corrected chi connectivity index (χ0v) is 28.2. The van der Waals surface area contributed by atoms with Crippen LogP contribution < -0.4 is 5.73 Å². The highest BCUT2D eigenvalue weighted by Gasteiger charge is 2.58. The zero-order chi connectivity index (χ0) is 31.9. The van der Waals surface area contributed by atoms with E-state index in [0.717, 1.165) is 10.9 Å². The molecule has 0 amide bonds. The van der Waals surface area contributed by atoms with Crippen LogP contribution in [0.5, 0.6) is 0 Å². The predicted molar refractivity (Wildman–Crippen MR) is 153 cm³/mol. The number of imidazole rings is 1. The molecule has 12 nitrogen and oxygen atoms in total. The summed E-state index contributed by atoms with van der Waals surface area (Å²) in [4.78, 5) is 23.7. The maximum absolute atomic E-state index is 13.6. The fraction of sp³-hybridized carbons (Fsp3) is 0.783. The van der Waals surface area contributed by atoms with Crippen molar-refractivity contribution in [2.45, 2.75) is 108 Å². The lowest BCUT2D eigenvalue weighted by atomic mass is 10.1. The molecule has 0 spiro atoms. The molecule has 1 saturated heterocycles. The summed E-state index contributed by atoms with van der Waals surface area (Å²) in [5.41, 5.74) is -0.344. The van der Waals surface area contributed by atoms with E-state index in [9.17, 15) is 26.4 Å². The quantitative estimate of drug-likeness (QED) is 0.139. The number of nitrogen functional groups attached to an aromatic ring is 1. The SMILES string of the molecule is CC(C)[Si](OC[C@H]1O[C@@H](n2cnc3c(N)nc(Cl)nc32)[C@H](OS(=O)(=O)C(F)(F)F)[C@@H]1O[Si](O)(C(C)C)C(C)C)C(C)C. The van der Waals surface area contributed by atoms with Crippen molar-refractivity contribution >= 4 is 56.3 Å². The summed E-state index contributed by atoms with van der Waals surface area (Å²) in [7, 11) is -11.4. The van der Waals surface area contributed by atoms with Crippen LogP contribution in [0.15, 0.2) is 6.33 Å². The molecule has 2 aromatic rings. The lowest BCUT2D eigenvalue weighted by molar-refractivity contribution is -0.0696. The van der Waals surface area contributed by atoms with E-state index in [1.54, 1.807) is 27.7 Å². The number of aromatic nitrogens is 4. The van der Waals surface area contributed by atoms with Gasteiger partial charge in [0.2, 0.25) is 14.3 Å². The third-order valence-electron chi connectivity index (χ3n) is 7.03. The van der Waals surface area contributed by atoms with Crippen molar-refractivity contribution in [3.8, 4) is 0 Å². The van der Waals surface area contributed by atoms with E-state index in [1.807, 2.05) is 27.7 Å². The molecule has 1 aliphatic rings. The number of halogens is 4. The molecule has 3 heterocycles. The van der Waals surface area contributed by atoms with Gasteiger partial charge in [-0.15, -0.1) is 0 Å². The van der Waals surface area contributed by atoms with E-state index in [0.29, 0.717) is 0 Å². The molecule has 19 heteroatoms. The van der Waals surface area contributed by atoms with Crippen molar-refractivity contribution in [1.82, 2.24) is 19.5 Å². The normalized spacial score (nSPS) is 22.6. The van der Waals surface area contributed by atoms with E-state index in [-0.39, 0.29) is 40.0 Å². The van der Waals surface area contributed by atoms with Crippen molar-refractivity contribution in [3.63, 3.8) is 0 Å². The molecule has 0 aromatic carbocycles. The smallest absolute Gasteiger partial charge is 0.413 e. The number of rotatable bonds is 12. The number of hydrogen-bond acceptors (Lipinski definition) is 11. The van der Waals surface area contributed by atoms with Gasteiger partial charge in [0.25, 0.3) is 0 Å². The summed E-state index contributed by atoms with van der Waals surface area (Å²) in [5.74, 6) is -0.114. The first-order chi connectivity index (χ1) is 19.2. The summed E-state index contributed by atoms with van der Waals surface area (Å²) >= 11 is 5.99. The summed E-state index contributed by atoms with van der Waals surface area (Å²) in [6, 6.07) is 0. The van der Waals surface area contributed by atoms with Crippen molar-refractivity contribution in [2.24, 2.45) is 0 Å². The van der Waals surface area contributed by atoms with Gasteiger partial charge in [0.05, 0.1) is 12.9 Å². The first-order valence-corrected chi connectivity index (χ1v) is 18.8. The fourth-order valence-electron chi connectivity index (χ4n) is 4.94. The van der Waals surface area contributed by atoms with E-state index in [2.05, 4.69) is 15.0 Å². The molecule has 1 fully saturated rings. The van der Waals surface area contributed by atoms with Crippen LogP contribution in [-0.2, 0) is 27.9 Å². The molecule has 3 rings (SSSR count). The Kier molecular flexibility index (Phi) is 10.8. The van der Waals surface area contributed by atoms with Gasteiger partial charge in [-0.3, -0.25) is 8.75 Å². The summed E-state index contributed by atoms with van der Waals surface area (Å²) in [5, 5.41) is -0.282. The van der Waals surface area contributed by atoms with Gasteiger partial charge >= 0.3 is 24.2 Å². The molecule has 0 saturated carbocycles. The van der Waals surface area contributed by atoms with Gasteiger partial charge in [0.1, 0.15) is 17.7 Å². The highest BCUT2D eigenvalue weighted by atomic mass is 35.5. The monoisotopic (exact) mass is 676 g/mol. The number of nitrogens with two attached hydrogens (primary N) is 1. The Morgan fingerprint density at radius 2 is 1.69 bits per heavy atom. The van der Waals surface area contributed by atoms with E-state index in [1.165, 1.54) is 0 Å². The minimum Gasteiger partial charge on any atom is -0.413 e. The lowest BCUT2D eigenvalue weighted by Gasteiger charge is -2.37. The molecule has 239 valence electrons. The number of alkyl halides is 3. The lowest BCUT2D eigenvalue weighted by Crippen LogP contribution is -2.54. The number of nitrogens with zero attached hydrogens (tertiary/aromatic N) is 4. The van der Waals surface area contributed by atoms with Crippen molar-refractivity contribution < 1.29 is 44.2 Å². The van der Waals surface area contributed by atoms with Crippen LogP contribution in [-0.4, -0.2) is 80.8 Å². The van der Waals surface area contributed by atoms with Crippen LogP contribution in [0.25, 0.3) is 11.2 Å². The van der Waals surface area contributed by atoms with Gasteiger partial charge in [0, 0.05) is 0 Å². The molecule has 1 radical (unpaired) electrons. The molecule has 3 N–H and O–H groups in total. The minimum absolute atomic E-state index is 0.0369. The molecular weight excluding hydrogens is 639 g/mol. The molecule has 4 atom stereocenters. The molecule has 0 bridgehead atoms. The van der Waals surface area contributed by atoms with Gasteiger partial charge in [-0.05, 0) is 33.8 Å². The highest BCUT2D eigenvalue weighted by Crippen LogP contribution is 2.43. The Labute approximate surface area is 251 Å². The van der Waals surface area contributed by atoms with Crippen LogP contribution in [0.4, 0.5) is 19.0 Å². The van der Waals surface area contributed by atoms with Gasteiger partial charge in [-0.1, -0.05) is 55.4 Å². The number of fused-ring (bicyclic) bond motifs is 1.